The summed E-state index contributed by atoms with van der Waals surface area (Å²) in [7, 11) is 0. The van der Waals surface area contributed by atoms with Crippen LogP contribution in [-0.2, 0) is 11.8 Å². The van der Waals surface area contributed by atoms with Crippen molar-refractivity contribution < 1.29 is 10.2 Å². The zero-order valence-electron chi connectivity index (χ0n) is 17.2. The lowest BCUT2D eigenvalue weighted by atomic mass is 9.58. The highest BCUT2D eigenvalue weighted by molar-refractivity contribution is 5.69. The summed E-state index contributed by atoms with van der Waals surface area (Å²) in [5, 5.41) is 20.3. The number of phenolic OH excluding ortho intramolecular Hbond substituents is 2. The molecule has 0 saturated heterocycles. The number of hydrogen-bond acceptors (Lipinski definition) is 2. The van der Waals surface area contributed by atoms with Crippen molar-refractivity contribution in [2.45, 2.75) is 25.7 Å². The van der Waals surface area contributed by atoms with Gasteiger partial charge in [-0.2, -0.15) is 0 Å². The fraction of sp³-hybridized carbons (Fsp3) is 0.143. The van der Waals surface area contributed by atoms with Crippen LogP contribution in [0.3, 0.4) is 0 Å². The van der Waals surface area contributed by atoms with Crippen molar-refractivity contribution in [1.82, 2.24) is 0 Å². The van der Waals surface area contributed by atoms with Gasteiger partial charge in [0.25, 0.3) is 0 Å². The van der Waals surface area contributed by atoms with Crippen LogP contribution in [0.5, 0.6) is 11.5 Å². The summed E-state index contributed by atoms with van der Waals surface area (Å²) in [6, 6.07) is 28.6. The van der Waals surface area contributed by atoms with Crippen LogP contribution in [0.4, 0.5) is 0 Å². The Morgan fingerprint density at radius 3 is 1.43 bits per heavy atom. The molecule has 0 fully saturated rings. The molecule has 1 aliphatic carbocycles. The molecule has 0 atom stereocenters. The number of aryl methyl sites for hydroxylation is 2. The number of aromatic hydroxyl groups is 2. The molecule has 1 aliphatic rings. The maximum Gasteiger partial charge on any atom is 0.115 e. The molecule has 0 aromatic heterocycles. The fourth-order valence-corrected chi connectivity index (χ4v) is 5.29. The Morgan fingerprint density at radius 1 is 0.567 bits per heavy atom. The molecule has 0 heterocycles. The lowest BCUT2D eigenvalue weighted by Gasteiger charge is -2.44. The number of phenols is 2. The Balaban J connectivity index is 2.01. The van der Waals surface area contributed by atoms with Crippen molar-refractivity contribution >= 4 is 0 Å². The molecule has 0 bridgehead atoms. The average molecular weight is 392 g/mol. The van der Waals surface area contributed by atoms with Crippen molar-refractivity contribution in [2.75, 3.05) is 0 Å². The topological polar surface area (TPSA) is 40.5 Å². The molecule has 30 heavy (non-hydrogen) atoms. The van der Waals surface area contributed by atoms with Crippen molar-refractivity contribution in [1.29, 1.82) is 0 Å². The van der Waals surface area contributed by atoms with Gasteiger partial charge in [-0.1, -0.05) is 60.7 Å². The minimum Gasteiger partial charge on any atom is -0.508 e. The summed E-state index contributed by atoms with van der Waals surface area (Å²) in [6.45, 7) is 4.12. The highest BCUT2D eigenvalue weighted by atomic mass is 16.3. The molecule has 148 valence electrons. The van der Waals surface area contributed by atoms with Crippen LogP contribution in [0, 0.1) is 13.8 Å². The number of benzene rings is 4. The zero-order chi connectivity index (χ0) is 20.9. The largest absolute Gasteiger partial charge is 0.508 e. The van der Waals surface area contributed by atoms with Crippen molar-refractivity contribution in [3.05, 3.63) is 129 Å². The third kappa shape index (κ3) is 2.57. The van der Waals surface area contributed by atoms with E-state index in [1.54, 1.807) is 12.1 Å². The van der Waals surface area contributed by atoms with E-state index in [0.717, 1.165) is 28.7 Å². The maximum atomic E-state index is 10.1. The van der Waals surface area contributed by atoms with Crippen LogP contribution in [0.1, 0.15) is 44.5 Å². The maximum absolute atomic E-state index is 10.1. The standard InChI is InChI=1S/C28H24O2/c1-18-15-22(29)11-13-24(18)28(25-14-12-23(30)16-19(25)2)26-9-5-3-7-20(26)17-21-8-4-6-10-27(21)28/h3-16,29-30H,17H2,1-2H3. The second kappa shape index (κ2) is 6.77. The normalized spacial score (nSPS) is 14.1. The molecule has 4 aromatic carbocycles. The molecule has 2 heteroatoms. The zero-order valence-corrected chi connectivity index (χ0v) is 17.2. The van der Waals surface area contributed by atoms with E-state index in [2.05, 4.69) is 74.5 Å². The first-order chi connectivity index (χ1) is 14.5. The van der Waals surface area contributed by atoms with E-state index < -0.39 is 5.41 Å². The number of rotatable bonds is 2. The first kappa shape index (κ1) is 18.5. The Labute approximate surface area is 177 Å². The van der Waals surface area contributed by atoms with E-state index >= 15 is 0 Å². The third-order valence-corrected chi connectivity index (χ3v) is 6.45. The Bertz CT molecular complexity index is 1170. The van der Waals surface area contributed by atoms with Crippen LogP contribution in [0.2, 0.25) is 0 Å². The Morgan fingerprint density at radius 2 is 1.00 bits per heavy atom. The van der Waals surface area contributed by atoms with Gasteiger partial charge in [0.2, 0.25) is 0 Å². The lowest BCUT2D eigenvalue weighted by molar-refractivity contribution is 0.474. The predicted molar refractivity (Wildman–Crippen MR) is 120 cm³/mol. The number of fused-ring (bicyclic) bond motifs is 2. The SMILES string of the molecule is Cc1cc(O)ccc1C1(c2ccc(O)cc2C)c2ccccc2Cc2ccccc21. The van der Waals surface area contributed by atoms with Gasteiger partial charge in [0, 0.05) is 0 Å². The van der Waals surface area contributed by atoms with E-state index in [-0.39, 0.29) is 11.5 Å². The molecular formula is C28H24O2. The van der Waals surface area contributed by atoms with Gasteiger partial charge in [0.05, 0.1) is 5.41 Å². The second-order valence-electron chi connectivity index (χ2n) is 8.24. The van der Waals surface area contributed by atoms with Crippen LogP contribution < -0.4 is 0 Å². The van der Waals surface area contributed by atoms with Gasteiger partial charge in [-0.05, 0) is 89.0 Å². The van der Waals surface area contributed by atoms with Gasteiger partial charge in [-0.15, -0.1) is 0 Å². The van der Waals surface area contributed by atoms with E-state index in [1.165, 1.54) is 22.3 Å². The molecule has 2 N–H and O–H groups in total. The molecule has 0 aliphatic heterocycles. The van der Waals surface area contributed by atoms with Gasteiger partial charge >= 0.3 is 0 Å². The minimum atomic E-state index is -0.527. The third-order valence-electron chi connectivity index (χ3n) is 6.45. The smallest absolute Gasteiger partial charge is 0.115 e. The first-order valence-corrected chi connectivity index (χ1v) is 10.3. The van der Waals surface area contributed by atoms with Gasteiger partial charge in [0.15, 0.2) is 0 Å². The highest BCUT2D eigenvalue weighted by Crippen LogP contribution is 2.52. The van der Waals surface area contributed by atoms with E-state index in [1.807, 2.05) is 12.1 Å². The van der Waals surface area contributed by atoms with Crippen LogP contribution in [0.25, 0.3) is 0 Å². The van der Waals surface area contributed by atoms with E-state index in [0.29, 0.717) is 0 Å². The van der Waals surface area contributed by atoms with E-state index in [4.69, 9.17) is 0 Å². The molecule has 0 amide bonds. The molecule has 5 rings (SSSR count). The fourth-order valence-electron chi connectivity index (χ4n) is 5.29. The van der Waals surface area contributed by atoms with E-state index in [9.17, 15) is 10.2 Å². The van der Waals surface area contributed by atoms with Gasteiger partial charge in [0.1, 0.15) is 11.5 Å². The Kier molecular flexibility index (Phi) is 4.18. The molecule has 0 spiro atoms. The molecule has 0 saturated carbocycles. The van der Waals surface area contributed by atoms with Crippen molar-refractivity contribution in [2.24, 2.45) is 0 Å². The number of hydrogen-bond donors (Lipinski definition) is 2. The summed E-state index contributed by atoms with van der Waals surface area (Å²) < 4.78 is 0. The quantitative estimate of drug-likeness (QED) is 0.387. The highest BCUT2D eigenvalue weighted by Gasteiger charge is 2.45. The van der Waals surface area contributed by atoms with Crippen molar-refractivity contribution in [3.63, 3.8) is 0 Å². The van der Waals surface area contributed by atoms with Crippen LogP contribution in [0.15, 0.2) is 84.9 Å². The average Bonchev–Trinajstić information content (AvgIpc) is 2.73. The molecule has 0 radical (unpaired) electrons. The summed E-state index contributed by atoms with van der Waals surface area (Å²) in [4.78, 5) is 0. The summed E-state index contributed by atoms with van der Waals surface area (Å²) in [6.07, 6.45) is 0.891. The van der Waals surface area contributed by atoms with Crippen LogP contribution in [-0.4, -0.2) is 10.2 Å². The summed E-state index contributed by atoms with van der Waals surface area (Å²) in [5.74, 6) is 0.539. The molecule has 2 nitrogen and oxygen atoms in total. The summed E-state index contributed by atoms with van der Waals surface area (Å²) >= 11 is 0. The van der Waals surface area contributed by atoms with Gasteiger partial charge in [-0.25, -0.2) is 0 Å². The monoisotopic (exact) mass is 392 g/mol. The van der Waals surface area contributed by atoms with Gasteiger partial charge in [-0.3, -0.25) is 0 Å². The molecular weight excluding hydrogens is 368 g/mol. The van der Waals surface area contributed by atoms with Gasteiger partial charge < -0.3 is 10.2 Å². The molecule has 0 unspecified atom stereocenters. The van der Waals surface area contributed by atoms with Crippen LogP contribution >= 0.6 is 0 Å². The first-order valence-electron chi connectivity index (χ1n) is 10.3. The second-order valence-corrected chi connectivity index (χ2v) is 8.24. The molecule has 4 aromatic rings. The lowest BCUT2D eigenvalue weighted by Crippen LogP contribution is -2.37. The Hall–Kier alpha value is -3.52. The summed E-state index contributed by atoms with van der Waals surface area (Å²) in [5.41, 5.74) is 8.95. The predicted octanol–water partition coefficient (Wildman–Crippen LogP) is 6.00. The minimum absolute atomic E-state index is 0.270. The van der Waals surface area contributed by atoms with Crippen molar-refractivity contribution in [3.8, 4) is 11.5 Å².